The Balaban J connectivity index is 1.14. The maximum atomic E-state index is 2.78. The van der Waals surface area contributed by atoms with Crippen LogP contribution in [0.1, 0.15) is 180 Å². The molecule has 0 atom stereocenters. The first-order chi connectivity index (χ1) is 36.5. The largest absolute Gasteiger partial charge is 0.311 e. The van der Waals surface area contributed by atoms with Crippen LogP contribution in [-0.4, -0.2) is 6.71 Å². The van der Waals surface area contributed by atoms with E-state index in [2.05, 4.69) is 256 Å². The first-order valence-electron chi connectivity index (χ1n) is 29.2. The molecule has 3 nitrogen and oxygen atoms in total. The summed E-state index contributed by atoms with van der Waals surface area (Å²) in [5, 5.41) is 1.41. The van der Waals surface area contributed by atoms with Crippen LogP contribution in [0.4, 0.5) is 51.2 Å². The molecule has 0 N–H and O–H groups in total. The van der Waals surface area contributed by atoms with Crippen molar-refractivity contribution >= 4 is 95.0 Å². The molecule has 1 saturated carbocycles. The lowest BCUT2D eigenvalue weighted by molar-refractivity contribution is 0.188. The van der Waals surface area contributed by atoms with Crippen LogP contribution < -0.4 is 30.4 Å². The predicted molar refractivity (Wildman–Crippen MR) is 333 cm³/mol. The van der Waals surface area contributed by atoms with E-state index in [1.54, 1.807) is 11.1 Å². The second kappa shape index (κ2) is 16.3. The minimum absolute atomic E-state index is 0.00840. The molecule has 0 unspecified atom stereocenters. The summed E-state index contributed by atoms with van der Waals surface area (Å²) in [7, 11) is 0. The molecule has 3 heterocycles. The van der Waals surface area contributed by atoms with E-state index >= 15 is 0 Å². The highest BCUT2D eigenvalue weighted by Gasteiger charge is 2.51. The fraction of sp³-hybridized carbons (Fsp3) is 0.389. The van der Waals surface area contributed by atoms with Gasteiger partial charge in [-0.05, 0) is 218 Å². The van der Waals surface area contributed by atoms with E-state index in [0.717, 1.165) is 23.5 Å². The molecule has 1 fully saturated rings. The Morgan fingerprint density at radius 1 is 0.442 bits per heavy atom. The SMILES string of the molecule is CC(C)(C)c1ccc2c(c1)B1c3sc4cc5c(cc4c3N(c3ccc4c(c3)C(C)(C)CCC4(C)C)c3cc(N(c4ccccc4)c4ccccc4)cc(c31)N2c1ccc2c(c1)C(C)(C)CCC2(C)C)C1(C)CCC5(C)CC1. The average molecular weight is 1030 g/mol. The topological polar surface area (TPSA) is 9.72 Å². The van der Waals surface area contributed by atoms with Gasteiger partial charge in [-0.15, -0.1) is 11.3 Å². The standard InChI is InChI=1S/C72H78BN3S/c1-66(2,3)45-24-29-59-58(38-45)73-63-60(75(59)48-25-27-52-54(39-48)69(8,9)32-30-67(52,4)5)41-50(74(46-20-16-14-17-21-46)47-22-18-15-19-23-47)42-61(63)76(49-26-28-53-55(40-49)70(10,11)33-31-68(53,6)7)64-51-43-56-57(44-62(51)77-65(64)73)72(13)36-34-71(56,12)35-37-72/h14-29,38-44H,30-37H2,1-13H3. The molecule has 5 heteroatoms. The smallest absolute Gasteiger partial charge is 0.264 e. The molecular formula is C72H78BN3S. The summed E-state index contributed by atoms with van der Waals surface area (Å²) in [6.45, 7) is 32.1. The van der Waals surface area contributed by atoms with Crippen LogP contribution in [-0.2, 0) is 37.9 Å². The Labute approximate surface area is 464 Å². The second-order valence-electron chi connectivity index (χ2n) is 28.9. The number of fused-ring (bicyclic) bond motifs is 10. The number of benzene rings is 7. The van der Waals surface area contributed by atoms with Crippen LogP contribution in [0, 0.1) is 0 Å². The van der Waals surface area contributed by atoms with Gasteiger partial charge in [0, 0.05) is 54.7 Å². The highest BCUT2D eigenvalue weighted by atomic mass is 32.1. The van der Waals surface area contributed by atoms with Crippen molar-refractivity contribution in [2.75, 3.05) is 14.7 Å². The number of para-hydroxylation sites is 2. The van der Waals surface area contributed by atoms with Gasteiger partial charge in [0.25, 0.3) is 6.71 Å². The summed E-state index contributed by atoms with van der Waals surface area (Å²) in [4.78, 5) is 7.99. The van der Waals surface area contributed by atoms with Gasteiger partial charge in [0.2, 0.25) is 0 Å². The summed E-state index contributed by atoms with van der Waals surface area (Å²) in [6, 6.07) is 55.5. The third kappa shape index (κ3) is 7.26. The highest BCUT2D eigenvalue weighted by Crippen LogP contribution is 2.60. The van der Waals surface area contributed by atoms with E-state index in [0.29, 0.717) is 0 Å². The molecule has 7 aromatic carbocycles. The minimum atomic E-state index is -0.0449. The van der Waals surface area contributed by atoms with Gasteiger partial charge >= 0.3 is 0 Å². The lowest BCUT2D eigenvalue weighted by atomic mass is 9.36. The van der Waals surface area contributed by atoms with Crippen molar-refractivity contribution in [1.29, 1.82) is 0 Å². The normalized spacial score (nSPS) is 22.6. The van der Waals surface area contributed by atoms with Crippen molar-refractivity contribution < 1.29 is 0 Å². The molecule has 15 rings (SSSR count). The van der Waals surface area contributed by atoms with Crippen LogP contribution in [0.25, 0.3) is 10.1 Å². The zero-order valence-electron chi connectivity index (χ0n) is 48.3. The Kier molecular flexibility index (Phi) is 10.4. The van der Waals surface area contributed by atoms with Gasteiger partial charge < -0.3 is 14.7 Å². The van der Waals surface area contributed by atoms with E-state index in [1.807, 2.05) is 0 Å². The quantitative estimate of drug-likeness (QED) is 0.159. The van der Waals surface area contributed by atoms with Gasteiger partial charge in [-0.1, -0.05) is 151 Å². The van der Waals surface area contributed by atoms with E-state index < -0.39 is 0 Å². The summed E-state index contributed by atoms with van der Waals surface area (Å²) in [5.41, 5.74) is 25.1. The Hall–Kier alpha value is -6.04. The first-order valence-corrected chi connectivity index (χ1v) is 30.0. The molecule has 77 heavy (non-hydrogen) atoms. The fourth-order valence-corrected chi connectivity index (χ4v) is 16.9. The van der Waals surface area contributed by atoms with Crippen molar-refractivity contribution in [2.24, 2.45) is 0 Å². The number of rotatable bonds is 5. The van der Waals surface area contributed by atoms with Crippen molar-refractivity contribution in [2.45, 2.75) is 179 Å². The van der Waals surface area contributed by atoms with E-state index in [4.69, 9.17) is 0 Å². The first kappa shape index (κ1) is 49.3. The molecule has 8 aromatic rings. The van der Waals surface area contributed by atoms with Gasteiger partial charge in [0.05, 0.1) is 11.4 Å². The lowest BCUT2D eigenvalue weighted by Gasteiger charge is -2.52. The molecule has 0 spiro atoms. The molecule has 1 aromatic heterocycles. The summed E-state index contributed by atoms with van der Waals surface area (Å²) < 4.78 is 2.89. The minimum Gasteiger partial charge on any atom is -0.311 e. The van der Waals surface area contributed by atoms with Gasteiger partial charge in [0.15, 0.2) is 0 Å². The number of nitrogens with zero attached hydrogens (tertiary/aromatic N) is 3. The molecule has 390 valence electrons. The van der Waals surface area contributed by atoms with Crippen molar-refractivity contribution in [1.82, 2.24) is 0 Å². The van der Waals surface area contributed by atoms with Crippen LogP contribution in [0.3, 0.4) is 0 Å². The number of hydrogen-bond donors (Lipinski definition) is 0. The maximum absolute atomic E-state index is 2.78. The van der Waals surface area contributed by atoms with Gasteiger partial charge in [-0.2, -0.15) is 0 Å². The van der Waals surface area contributed by atoms with Gasteiger partial charge in [0.1, 0.15) is 0 Å². The second-order valence-corrected chi connectivity index (χ2v) is 29.9. The average Bonchev–Trinajstić information content (AvgIpc) is 3.98. The van der Waals surface area contributed by atoms with Gasteiger partial charge in [-0.25, -0.2) is 0 Å². The molecule has 0 amide bonds. The highest BCUT2D eigenvalue weighted by molar-refractivity contribution is 7.33. The third-order valence-electron chi connectivity index (χ3n) is 20.9. The monoisotopic (exact) mass is 1030 g/mol. The zero-order valence-corrected chi connectivity index (χ0v) is 49.1. The predicted octanol–water partition coefficient (Wildman–Crippen LogP) is 18.6. The number of hydrogen-bond acceptors (Lipinski definition) is 4. The lowest BCUT2D eigenvalue weighted by Crippen LogP contribution is -2.60. The van der Waals surface area contributed by atoms with E-state index in [-0.39, 0.29) is 44.6 Å². The summed E-state index contributed by atoms with van der Waals surface area (Å²) >= 11 is 2.09. The molecule has 0 saturated heterocycles. The molecule has 2 bridgehead atoms. The van der Waals surface area contributed by atoms with E-state index in [1.165, 1.54) is 133 Å². The van der Waals surface area contributed by atoms with Crippen LogP contribution in [0.5, 0.6) is 0 Å². The maximum Gasteiger partial charge on any atom is 0.264 e. The summed E-state index contributed by atoms with van der Waals surface area (Å²) in [6.07, 6.45) is 9.78. The van der Waals surface area contributed by atoms with Crippen molar-refractivity contribution in [3.8, 4) is 0 Å². The van der Waals surface area contributed by atoms with Crippen molar-refractivity contribution in [3.63, 3.8) is 0 Å². The molecule has 2 aliphatic heterocycles. The Morgan fingerprint density at radius 2 is 0.922 bits per heavy atom. The molecule has 7 aliphatic rings. The Morgan fingerprint density at radius 3 is 1.44 bits per heavy atom. The summed E-state index contributed by atoms with van der Waals surface area (Å²) in [5.74, 6) is 0. The van der Waals surface area contributed by atoms with Crippen LogP contribution >= 0.6 is 11.3 Å². The van der Waals surface area contributed by atoms with Gasteiger partial charge in [-0.3, -0.25) is 0 Å². The molecule has 0 radical (unpaired) electrons. The van der Waals surface area contributed by atoms with Crippen LogP contribution in [0.2, 0.25) is 0 Å². The zero-order chi connectivity index (χ0) is 53.6. The molecule has 5 aliphatic carbocycles. The number of thiophene rings is 1. The Bertz CT molecular complexity index is 3710. The molecular weight excluding hydrogens is 950 g/mol. The van der Waals surface area contributed by atoms with Crippen LogP contribution in [0.15, 0.2) is 140 Å². The number of anilines is 9. The van der Waals surface area contributed by atoms with Crippen molar-refractivity contribution in [3.05, 3.63) is 178 Å². The fourth-order valence-electron chi connectivity index (χ4n) is 15.6. The van der Waals surface area contributed by atoms with E-state index in [9.17, 15) is 0 Å². The third-order valence-corrected chi connectivity index (χ3v) is 22.1.